The number of nitrogens with two attached hydrogens (primary N) is 2. The summed E-state index contributed by atoms with van der Waals surface area (Å²) in [6.07, 6.45) is 0.132. The molecule has 3 aliphatic rings. The molecule has 0 saturated carbocycles. The summed E-state index contributed by atoms with van der Waals surface area (Å²) in [5, 5.41) is 30.1. The lowest BCUT2D eigenvalue weighted by Crippen LogP contribution is -2.56. The maximum absolute atomic E-state index is 11.6. The summed E-state index contributed by atoms with van der Waals surface area (Å²) in [6, 6.07) is -0.726. The van der Waals surface area contributed by atoms with E-state index in [1.54, 1.807) is 12.3 Å². The first kappa shape index (κ1) is 15.9. The van der Waals surface area contributed by atoms with Gasteiger partial charge in [-0.1, -0.05) is 0 Å². The van der Waals surface area contributed by atoms with Crippen LogP contribution in [-0.2, 0) is 4.74 Å². The van der Waals surface area contributed by atoms with Crippen LogP contribution in [0.3, 0.4) is 0 Å². The number of aliphatic imine (C=N–C) groups is 1. The number of ether oxygens (including phenoxy) is 1. The molecule has 0 aromatic carbocycles. The van der Waals surface area contributed by atoms with Gasteiger partial charge in [0.15, 0.2) is 0 Å². The van der Waals surface area contributed by atoms with E-state index in [0.29, 0.717) is 11.3 Å². The zero-order chi connectivity index (χ0) is 16.9. The first-order valence-corrected chi connectivity index (χ1v) is 7.27. The molecule has 0 aromatic heterocycles. The Morgan fingerprint density at radius 3 is 2.87 bits per heavy atom. The van der Waals surface area contributed by atoms with Gasteiger partial charge in [0.2, 0.25) is 0 Å². The number of amides is 2. The van der Waals surface area contributed by atoms with Crippen LogP contribution in [0.2, 0.25) is 0 Å². The zero-order valence-corrected chi connectivity index (χ0v) is 12.6. The highest BCUT2D eigenvalue weighted by Crippen LogP contribution is 2.39. The van der Waals surface area contributed by atoms with E-state index in [4.69, 9.17) is 16.2 Å². The van der Waals surface area contributed by atoms with E-state index in [1.165, 1.54) is 11.8 Å². The maximum atomic E-state index is 11.6. The van der Waals surface area contributed by atoms with Gasteiger partial charge < -0.3 is 31.5 Å². The van der Waals surface area contributed by atoms with Crippen molar-refractivity contribution < 1.29 is 24.9 Å². The van der Waals surface area contributed by atoms with Gasteiger partial charge in [0.05, 0.1) is 18.4 Å². The number of primary amides is 1. The predicted molar refractivity (Wildman–Crippen MR) is 79.9 cm³/mol. The molecule has 0 aliphatic carbocycles. The van der Waals surface area contributed by atoms with Gasteiger partial charge in [0.1, 0.15) is 23.6 Å². The van der Waals surface area contributed by atoms with Crippen LogP contribution < -0.4 is 11.5 Å². The van der Waals surface area contributed by atoms with E-state index in [9.17, 15) is 20.1 Å². The summed E-state index contributed by atoms with van der Waals surface area (Å²) >= 11 is 0. The van der Waals surface area contributed by atoms with E-state index < -0.39 is 42.5 Å². The van der Waals surface area contributed by atoms with Crippen LogP contribution in [0, 0.1) is 5.92 Å². The molecule has 9 heteroatoms. The van der Waals surface area contributed by atoms with E-state index in [-0.39, 0.29) is 12.4 Å². The third-order valence-electron chi connectivity index (χ3n) is 4.69. The lowest BCUT2D eigenvalue weighted by Gasteiger charge is -2.39. The number of carbonyl (C=O) groups excluding carboxylic acids is 1. The maximum Gasteiger partial charge on any atom is 0.320 e. The fourth-order valence-electron chi connectivity index (χ4n) is 3.42. The van der Waals surface area contributed by atoms with Crippen LogP contribution in [0.15, 0.2) is 28.7 Å². The molecular formula is C14H20N4O5. The first-order chi connectivity index (χ1) is 10.8. The van der Waals surface area contributed by atoms with Gasteiger partial charge in [-0.15, -0.1) is 0 Å². The number of allylic oxidation sites excluding steroid dienone is 2. The first-order valence-electron chi connectivity index (χ1n) is 7.27. The Bertz CT molecular complexity index is 627. The largest absolute Gasteiger partial charge is 0.394 e. The van der Waals surface area contributed by atoms with E-state index in [2.05, 4.69) is 4.99 Å². The molecule has 0 bridgehead atoms. The number of aliphatic hydroxyl groups is 3. The van der Waals surface area contributed by atoms with E-state index in [1.807, 2.05) is 0 Å². The standard InChI is InChI=1S/C14H20N4O5/c1-14(22)10(20)8(5-19)23-11(14)7-4-18(13(16)21)12(15)6-2-3-17-9(6)7/h2-3,7-8,10-11,19-20,22H,4-5,15H2,1H3,(H2,16,21)/t7?,8-,10-,11+,14-/m1/s1. The normalized spacial score (nSPS) is 39.7. The van der Waals surface area contributed by atoms with Crippen LogP contribution in [-0.4, -0.2) is 69.0 Å². The number of nitrogens with zero attached hydrogens (tertiary/aromatic N) is 2. The third kappa shape index (κ3) is 2.24. The van der Waals surface area contributed by atoms with Gasteiger partial charge in [-0.05, 0) is 13.0 Å². The van der Waals surface area contributed by atoms with Crippen LogP contribution >= 0.6 is 0 Å². The van der Waals surface area contributed by atoms with Crippen molar-refractivity contribution in [1.29, 1.82) is 0 Å². The fourth-order valence-corrected chi connectivity index (χ4v) is 3.42. The topological polar surface area (TPSA) is 155 Å². The lowest BCUT2D eigenvalue weighted by molar-refractivity contribution is -0.0765. The molecule has 3 heterocycles. The summed E-state index contributed by atoms with van der Waals surface area (Å²) in [4.78, 5) is 17.1. The second-order valence-electron chi connectivity index (χ2n) is 6.13. The Balaban J connectivity index is 1.99. The molecule has 1 saturated heterocycles. The number of hydrogen-bond donors (Lipinski definition) is 5. The molecule has 3 rings (SSSR count). The third-order valence-corrected chi connectivity index (χ3v) is 4.69. The van der Waals surface area contributed by atoms with Crippen molar-refractivity contribution in [2.75, 3.05) is 13.2 Å². The quantitative estimate of drug-likeness (QED) is 0.396. The summed E-state index contributed by atoms with van der Waals surface area (Å²) in [5.41, 5.74) is 10.8. The molecule has 2 amide bonds. The highest BCUT2D eigenvalue weighted by Gasteiger charge is 2.57. The van der Waals surface area contributed by atoms with Crippen LogP contribution in [0.5, 0.6) is 0 Å². The van der Waals surface area contributed by atoms with Crippen molar-refractivity contribution in [1.82, 2.24) is 4.90 Å². The van der Waals surface area contributed by atoms with Crippen molar-refractivity contribution >= 4 is 11.7 Å². The number of urea groups is 1. The minimum atomic E-state index is -1.62. The average Bonchev–Trinajstić information content (AvgIpc) is 3.05. The monoisotopic (exact) mass is 324 g/mol. The van der Waals surface area contributed by atoms with Gasteiger partial charge >= 0.3 is 6.03 Å². The van der Waals surface area contributed by atoms with Crippen molar-refractivity contribution in [2.24, 2.45) is 22.4 Å². The summed E-state index contributed by atoms with van der Waals surface area (Å²) < 4.78 is 5.65. The molecule has 1 fully saturated rings. The summed E-state index contributed by atoms with van der Waals surface area (Å²) in [6.45, 7) is 1.06. The Hall–Kier alpha value is -1.94. The number of carbonyl (C=O) groups is 1. The molecule has 23 heavy (non-hydrogen) atoms. The Morgan fingerprint density at radius 1 is 1.61 bits per heavy atom. The van der Waals surface area contributed by atoms with Gasteiger partial charge in [0, 0.05) is 24.2 Å². The Morgan fingerprint density at radius 2 is 2.30 bits per heavy atom. The van der Waals surface area contributed by atoms with Crippen molar-refractivity contribution in [3.05, 3.63) is 23.7 Å². The number of aliphatic hydroxyl groups excluding tert-OH is 2. The molecular weight excluding hydrogens is 304 g/mol. The molecule has 0 radical (unpaired) electrons. The van der Waals surface area contributed by atoms with Crippen LogP contribution in [0.25, 0.3) is 0 Å². The van der Waals surface area contributed by atoms with Crippen LogP contribution in [0.4, 0.5) is 4.79 Å². The van der Waals surface area contributed by atoms with E-state index >= 15 is 0 Å². The predicted octanol–water partition coefficient (Wildman–Crippen LogP) is -1.99. The highest BCUT2D eigenvalue weighted by molar-refractivity contribution is 6.08. The highest BCUT2D eigenvalue weighted by atomic mass is 16.6. The second kappa shape index (κ2) is 5.31. The molecule has 5 atom stereocenters. The van der Waals surface area contributed by atoms with Crippen molar-refractivity contribution in [3.63, 3.8) is 0 Å². The minimum Gasteiger partial charge on any atom is -0.394 e. The second-order valence-corrected chi connectivity index (χ2v) is 6.13. The number of hydrogen-bond acceptors (Lipinski definition) is 7. The summed E-state index contributed by atoms with van der Waals surface area (Å²) in [5.74, 6) is -0.348. The molecule has 0 aromatic rings. The van der Waals surface area contributed by atoms with Crippen molar-refractivity contribution in [3.8, 4) is 0 Å². The number of rotatable bonds is 2. The van der Waals surface area contributed by atoms with Gasteiger partial charge in [-0.2, -0.15) is 0 Å². The molecule has 126 valence electrons. The Kier molecular flexibility index (Phi) is 3.68. The van der Waals surface area contributed by atoms with Crippen LogP contribution in [0.1, 0.15) is 6.92 Å². The number of fused-ring (bicyclic) bond motifs is 1. The lowest BCUT2D eigenvalue weighted by atomic mass is 9.79. The fraction of sp³-hybridized carbons (Fsp3) is 0.571. The molecule has 0 spiro atoms. The van der Waals surface area contributed by atoms with E-state index in [0.717, 1.165) is 0 Å². The molecule has 9 nitrogen and oxygen atoms in total. The molecule has 3 aliphatic heterocycles. The van der Waals surface area contributed by atoms with Gasteiger partial charge in [0.25, 0.3) is 0 Å². The SMILES string of the molecule is C[C@@]1(O)[C@H](O)[C@@H](CO)O[C@H]1C1CN(C(N)=O)C(N)=C2C=CN=C21. The molecule has 7 N–H and O–H groups in total. The minimum absolute atomic E-state index is 0.0663. The van der Waals surface area contributed by atoms with Crippen molar-refractivity contribution in [2.45, 2.75) is 30.8 Å². The summed E-state index contributed by atoms with van der Waals surface area (Å²) in [7, 11) is 0. The smallest absolute Gasteiger partial charge is 0.320 e. The molecule has 1 unspecified atom stereocenters. The van der Waals surface area contributed by atoms with Gasteiger partial charge in [-0.25, -0.2) is 4.79 Å². The van der Waals surface area contributed by atoms with Gasteiger partial charge in [-0.3, -0.25) is 9.89 Å². The average molecular weight is 324 g/mol. The zero-order valence-electron chi connectivity index (χ0n) is 12.6. The Labute approximate surface area is 132 Å².